The second kappa shape index (κ2) is 6.01. The summed E-state index contributed by atoms with van der Waals surface area (Å²) in [5.74, 6) is -0.494. The van der Waals surface area contributed by atoms with Crippen molar-refractivity contribution >= 4 is 21.4 Å². The number of non-ortho nitro benzene ring substituents is 1. The summed E-state index contributed by atoms with van der Waals surface area (Å²) in [6.45, 7) is 0. The first kappa shape index (κ1) is 16.4. The van der Waals surface area contributed by atoms with E-state index in [4.69, 9.17) is 0 Å². The van der Waals surface area contributed by atoms with Crippen molar-refractivity contribution < 1.29 is 18.1 Å². The summed E-state index contributed by atoms with van der Waals surface area (Å²) in [6.07, 6.45) is 0.362. The third kappa shape index (κ3) is 3.42. The van der Waals surface area contributed by atoms with Gasteiger partial charge in [0.05, 0.1) is 22.5 Å². The second-order valence-corrected chi connectivity index (χ2v) is 7.59. The number of benzene rings is 1. The largest absolute Gasteiger partial charge is 0.270 e. The molecule has 1 aromatic rings. The van der Waals surface area contributed by atoms with Gasteiger partial charge >= 0.3 is 0 Å². The van der Waals surface area contributed by atoms with Crippen molar-refractivity contribution in [3.05, 3.63) is 39.9 Å². The molecule has 2 rings (SSSR count). The number of nitro groups is 1. The van der Waals surface area contributed by atoms with Crippen molar-refractivity contribution in [3.8, 4) is 0 Å². The van der Waals surface area contributed by atoms with E-state index in [2.05, 4.69) is 0 Å². The van der Waals surface area contributed by atoms with Gasteiger partial charge in [0.1, 0.15) is 0 Å². The fourth-order valence-corrected chi connectivity index (χ4v) is 4.22. The topological polar surface area (TPSA) is 101 Å². The first-order valence-electron chi connectivity index (χ1n) is 6.67. The molecule has 0 saturated carbocycles. The van der Waals surface area contributed by atoms with Gasteiger partial charge in [-0.1, -0.05) is 6.07 Å². The highest BCUT2D eigenvalue weighted by Gasteiger charge is 2.36. The minimum absolute atomic E-state index is 0.0459. The maximum absolute atomic E-state index is 12.6. The van der Waals surface area contributed by atoms with Gasteiger partial charge in [0.2, 0.25) is 0 Å². The van der Waals surface area contributed by atoms with Gasteiger partial charge < -0.3 is 0 Å². The molecular formula is C13H17N3O5S. The third-order valence-corrected chi connectivity index (χ3v) is 5.25. The first-order chi connectivity index (χ1) is 10.2. The van der Waals surface area contributed by atoms with E-state index in [9.17, 15) is 23.3 Å². The number of hydrogen-bond acceptors (Lipinski definition) is 6. The highest BCUT2D eigenvalue weighted by molar-refractivity contribution is 7.91. The summed E-state index contributed by atoms with van der Waals surface area (Å²) in [5, 5.41) is 13.7. The zero-order valence-corrected chi connectivity index (χ0v) is 13.1. The van der Waals surface area contributed by atoms with Crippen molar-refractivity contribution in [2.75, 3.05) is 25.6 Å². The van der Waals surface area contributed by atoms with Gasteiger partial charge in [0.15, 0.2) is 9.84 Å². The Labute approximate surface area is 128 Å². The van der Waals surface area contributed by atoms with E-state index in [1.165, 1.54) is 34.3 Å². The van der Waals surface area contributed by atoms with Crippen LogP contribution in [0, 0.1) is 10.1 Å². The number of hydrazine groups is 1. The minimum atomic E-state index is -3.14. The Bertz CT molecular complexity index is 701. The number of nitrogens with zero attached hydrogens (tertiary/aromatic N) is 3. The Hall–Kier alpha value is -2.00. The highest BCUT2D eigenvalue weighted by atomic mass is 32.2. The smallest absolute Gasteiger partial charge is 0.268 e. The lowest BCUT2D eigenvalue weighted by Gasteiger charge is -2.33. The Kier molecular flexibility index (Phi) is 4.47. The standard InChI is InChI=1S/C13H17N3O5S/c1-14(2)15(12-6-7-22(20,21)9-12)13(17)10-4-3-5-11(8-10)16(18)19/h3-5,8,12H,6-7,9H2,1-2H3. The molecule has 0 radical (unpaired) electrons. The lowest BCUT2D eigenvalue weighted by molar-refractivity contribution is -0.384. The number of carbonyl (C=O) groups excluding carboxylic acids is 1. The third-order valence-electron chi connectivity index (χ3n) is 3.50. The number of amides is 1. The first-order valence-corrected chi connectivity index (χ1v) is 8.49. The molecule has 0 spiro atoms. The Morgan fingerprint density at radius 2 is 2.05 bits per heavy atom. The average Bonchev–Trinajstić information content (AvgIpc) is 2.78. The molecule has 1 amide bonds. The molecule has 1 unspecified atom stereocenters. The predicted octanol–water partition coefficient (Wildman–Crippen LogP) is 0.701. The molecule has 1 saturated heterocycles. The van der Waals surface area contributed by atoms with Crippen LogP contribution in [0.2, 0.25) is 0 Å². The van der Waals surface area contributed by atoms with Crippen LogP contribution in [-0.2, 0) is 9.84 Å². The van der Waals surface area contributed by atoms with Crippen molar-refractivity contribution in [3.63, 3.8) is 0 Å². The molecule has 0 aliphatic carbocycles. The van der Waals surface area contributed by atoms with Crippen LogP contribution in [-0.4, -0.2) is 60.9 Å². The molecule has 1 aromatic carbocycles. The number of sulfone groups is 1. The van der Waals surface area contributed by atoms with Gasteiger partial charge in [-0.05, 0) is 12.5 Å². The molecule has 1 aliphatic rings. The van der Waals surface area contributed by atoms with Crippen LogP contribution in [0.15, 0.2) is 24.3 Å². The number of nitro benzene ring substituents is 1. The normalized spacial score (nSPS) is 20.0. The average molecular weight is 327 g/mol. The maximum atomic E-state index is 12.6. The Morgan fingerprint density at radius 1 is 1.36 bits per heavy atom. The van der Waals surface area contributed by atoms with E-state index in [1.54, 1.807) is 14.1 Å². The van der Waals surface area contributed by atoms with Crippen LogP contribution in [0.3, 0.4) is 0 Å². The van der Waals surface area contributed by atoms with Gasteiger partial charge in [0.25, 0.3) is 11.6 Å². The molecule has 1 fully saturated rings. The van der Waals surface area contributed by atoms with Gasteiger partial charge in [-0.25, -0.2) is 13.4 Å². The molecular weight excluding hydrogens is 310 g/mol. The monoisotopic (exact) mass is 327 g/mol. The molecule has 8 nitrogen and oxygen atoms in total. The summed E-state index contributed by atoms with van der Waals surface area (Å²) in [6, 6.07) is 4.96. The zero-order valence-electron chi connectivity index (χ0n) is 12.3. The van der Waals surface area contributed by atoms with E-state index < -0.39 is 26.7 Å². The fourth-order valence-electron chi connectivity index (χ4n) is 2.53. The molecule has 22 heavy (non-hydrogen) atoms. The Morgan fingerprint density at radius 3 is 2.55 bits per heavy atom. The van der Waals surface area contributed by atoms with Gasteiger partial charge in [-0.2, -0.15) is 0 Å². The van der Waals surface area contributed by atoms with Gasteiger partial charge in [0, 0.05) is 31.8 Å². The maximum Gasteiger partial charge on any atom is 0.270 e. The van der Waals surface area contributed by atoms with Crippen molar-refractivity contribution in [1.29, 1.82) is 0 Å². The van der Waals surface area contributed by atoms with Crippen LogP contribution in [0.4, 0.5) is 5.69 Å². The molecule has 1 heterocycles. The quantitative estimate of drug-likeness (QED) is 0.596. The lowest BCUT2D eigenvalue weighted by atomic mass is 10.1. The SMILES string of the molecule is CN(C)N(C(=O)c1cccc([N+](=O)[O-])c1)C1CCS(=O)(=O)C1. The Balaban J connectivity index is 2.31. The highest BCUT2D eigenvalue weighted by Crippen LogP contribution is 2.22. The van der Waals surface area contributed by atoms with Crippen molar-refractivity contribution in [2.24, 2.45) is 0 Å². The predicted molar refractivity (Wildman–Crippen MR) is 80.0 cm³/mol. The summed E-state index contributed by atoms with van der Waals surface area (Å²) in [4.78, 5) is 22.9. The van der Waals surface area contributed by atoms with Crippen molar-refractivity contribution in [1.82, 2.24) is 10.0 Å². The molecule has 1 atom stereocenters. The van der Waals surface area contributed by atoms with E-state index in [-0.39, 0.29) is 22.8 Å². The molecule has 1 aliphatic heterocycles. The van der Waals surface area contributed by atoms with Gasteiger partial charge in [-0.15, -0.1) is 0 Å². The van der Waals surface area contributed by atoms with E-state index in [1.807, 2.05) is 0 Å². The fraction of sp³-hybridized carbons (Fsp3) is 0.462. The summed E-state index contributed by atoms with van der Waals surface area (Å²) in [7, 11) is 0.138. The van der Waals surface area contributed by atoms with Crippen LogP contribution >= 0.6 is 0 Å². The summed E-state index contributed by atoms with van der Waals surface area (Å²) < 4.78 is 23.2. The molecule has 0 aromatic heterocycles. The zero-order chi connectivity index (χ0) is 16.5. The second-order valence-electron chi connectivity index (χ2n) is 5.36. The van der Waals surface area contributed by atoms with Crippen LogP contribution in [0.5, 0.6) is 0 Å². The summed E-state index contributed by atoms with van der Waals surface area (Å²) >= 11 is 0. The molecule has 120 valence electrons. The number of hydrogen-bond donors (Lipinski definition) is 0. The van der Waals surface area contributed by atoms with Crippen molar-refractivity contribution in [2.45, 2.75) is 12.5 Å². The number of carbonyl (C=O) groups is 1. The van der Waals surface area contributed by atoms with E-state index in [0.29, 0.717) is 6.42 Å². The van der Waals surface area contributed by atoms with Crippen LogP contribution in [0.1, 0.15) is 16.8 Å². The molecule has 0 N–H and O–H groups in total. The summed E-state index contributed by atoms with van der Waals surface area (Å²) in [5.41, 5.74) is -0.0178. The molecule has 9 heteroatoms. The van der Waals surface area contributed by atoms with Crippen LogP contribution in [0.25, 0.3) is 0 Å². The van der Waals surface area contributed by atoms with E-state index in [0.717, 1.165) is 0 Å². The number of rotatable bonds is 4. The lowest BCUT2D eigenvalue weighted by Crippen LogP contribution is -2.49. The minimum Gasteiger partial charge on any atom is -0.268 e. The molecule has 0 bridgehead atoms. The van der Waals surface area contributed by atoms with Crippen LogP contribution < -0.4 is 0 Å². The van der Waals surface area contributed by atoms with Gasteiger partial charge in [-0.3, -0.25) is 19.9 Å². The van der Waals surface area contributed by atoms with E-state index >= 15 is 0 Å².